The van der Waals surface area contributed by atoms with Gasteiger partial charge in [-0.1, -0.05) is 0 Å². The highest BCUT2D eigenvalue weighted by Crippen LogP contribution is 2.15. The van der Waals surface area contributed by atoms with E-state index in [1.54, 1.807) is 0 Å². The molecule has 2 aromatic rings. The number of aryl methyl sites for hydroxylation is 3. The maximum Gasteiger partial charge on any atom is 0.151 e. The average molecular weight is 188 g/mol. The van der Waals surface area contributed by atoms with Gasteiger partial charge in [0.25, 0.3) is 0 Å². The van der Waals surface area contributed by atoms with Crippen LogP contribution >= 0.6 is 0 Å². The van der Waals surface area contributed by atoms with Crippen LogP contribution < -0.4 is 0 Å². The maximum absolute atomic E-state index is 10.7. The van der Waals surface area contributed by atoms with E-state index >= 15 is 0 Å². The molecule has 0 radical (unpaired) electrons. The zero-order chi connectivity index (χ0) is 10.3. The summed E-state index contributed by atoms with van der Waals surface area (Å²) >= 11 is 0. The quantitative estimate of drug-likeness (QED) is 0.642. The van der Waals surface area contributed by atoms with Crippen LogP contribution in [0.25, 0.3) is 5.65 Å². The Kier molecular flexibility index (Phi) is 1.88. The Labute approximate surface area is 82.4 Å². The molecule has 0 aliphatic carbocycles. The maximum atomic E-state index is 10.7. The van der Waals surface area contributed by atoms with E-state index in [-0.39, 0.29) is 0 Å². The summed E-state index contributed by atoms with van der Waals surface area (Å²) < 4.78 is 1.97. The molecule has 0 amide bonds. The van der Waals surface area contributed by atoms with Crippen LogP contribution in [0.15, 0.2) is 12.3 Å². The van der Waals surface area contributed by atoms with Gasteiger partial charge in [-0.05, 0) is 32.4 Å². The molecule has 0 N–H and O–H groups in total. The van der Waals surface area contributed by atoms with Crippen molar-refractivity contribution in [3.8, 4) is 0 Å². The lowest BCUT2D eigenvalue weighted by atomic mass is 10.2. The van der Waals surface area contributed by atoms with Crippen molar-refractivity contribution in [2.45, 2.75) is 20.8 Å². The first-order chi connectivity index (χ1) is 6.63. The molecule has 14 heavy (non-hydrogen) atoms. The summed E-state index contributed by atoms with van der Waals surface area (Å²) in [5.41, 5.74) is 4.76. The highest BCUT2D eigenvalue weighted by molar-refractivity contribution is 5.76. The van der Waals surface area contributed by atoms with Crippen molar-refractivity contribution in [3.05, 3.63) is 34.8 Å². The third-order valence-corrected chi connectivity index (χ3v) is 2.54. The van der Waals surface area contributed by atoms with Crippen LogP contribution in [0.3, 0.4) is 0 Å². The smallest absolute Gasteiger partial charge is 0.151 e. The number of hydrogen-bond donors (Lipinski definition) is 0. The topological polar surface area (TPSA) is 34.4 Å². The van der Waals surface area contributed by atoms with Gasteiger partial charge in [-0.2, -0.15) is 0 Å². The zero-order valence-electron chi connectivity index (χ0n) is 8.53. The lowest BCUT2D eigenvalue weighted by Gasteiger charge is -2.00. The van der Waals surface area contributed by atoms with Gasteiger partial charge in [0.2, 0.25) is 0 Å². The average Bonchev–Trinajstić information content (AvgIpc) is 2.45. The normalized spacial score (nSPS) is 10.8. The highest BCUT2D eigenvalue weighted by Gasteiger charge is 2.07. The van der Waals surface area contributed by atoms with E-state index in [1.807, 2.05) is 37.4 Å². The van der Waals surface area contributed by atoms with Gasteiger partial charge in [0.15, 0.2) is 6.29 Å². The summed E-state index contributed by atoms with van der Waals surface area (Å²) in [4.78, 5) is 15.1. The minimum absolute atomic E-state index is 0.690. The summed E-state index contributed by atoms with van der Waals surface area (Å²) in [6, 6.07) is 1.86. The fraction of sp³-hybridized carbons (Fsp3) is 0.273. The van der Waals surface area contributed by atoms with Crippen molar-refractivity contribution in [2.75, 3.05) is 0 Å². The van der Waals surface area contributed by atoms with E-state index in [9.17, 15) is 4.79 Å². The Morgan fingerprint density at radius 2 is 2.07 bits per heavy atom. The molecule has 0 aliphatic rings. The van der Waals surface area contributed by atoms with Gasteiger partial charge in [0.1, 0.15) is 5.65 Å². The molecule has 0 saturated heterocycles. The molecule has 0 bridgehead atoms. The van der Waals surface area contributed by atoms with E-state index in [2.05, 4.69) is 4.98 Å². The van der Waals surface area contributed by atoms with E-state index < -0.39 is 0 Å². The summed E-state index contributed by atoms with van der Waals surface area (Å²) in [5, 5.41) is 0. The number of carbonyl (C=O) groups excluding carboxylic acids is 1. The van der Waals surface area contributed by atoms with Gasteiger partial charge in [0, 0.05) is 17.5 Å². The molecule has 2 rings (SSSR count). The van der Waals surface area contributed by atoms with E-state index in [0.29, 0.717) is 5.56 Å². The number of nitrogens with zero attached hydrogens (tertiary/aromatic N) is 2. The first-order valence-electron chi connectivity index (χ1n) is 4.54. The molecule has 0 saturated carbocycles. The molecule has 2 heterocycles. The van der Waals surface area contributed by atoms with Crippen LogP contribution in [0.5, 0.6) is 0 Å². The number of aldehydes is 1. The van der Waals surface area contributed by atoms with Gasteiger partial charge in [0.05, 0.1) is 5.69 Å². The van der Waals surface area contributed by atoms with E-state index in [1.165, 1.54) is 0 Å². The number of imidazole rings is 1. The standard InChI is InChI=1S/C11H12N2O/c1-7-4-10(6-14)5-13-9(3)8(2)12-11(7)13/h4-6H,1-3H3. The SMILES string of the molecule is Cc1nc2c(C)cc(C=O)cn2c1C. The number of hydrogen-bond acceptors (Lipinski definition) is 2. The van der Waals surface area contributed by atoms with Crippen LogP contribution in [-0.2, 0) is 0 Å². The lowest BCUT2D eigenvalue weighted by molar-refractivity contribution is 0.112. The van der Waals surface area contributed by atoms with Crippen molar-refractivity contribution >= 4 is 11.9 Å². The minimum Gasteiger partial charge on any atom is -0.303 e. The molecule has 0 aliphatic heterocycles. The molecule has 72 valence electrons. The van der Waals surface area contributed by atoms with E-state index in [4.69, 9.17) is 0 Å². The third kappa shape index (κ3) is 1.13. The molecule has 0 spiro atoms. The predicted octanol–water partition coefficient (Wildman–Crippen LogP) is 2.07. The summed E-state index contributed by atoms with van der Waals surface area (Å²) in [7, 11) is 0. The van der Waals surface area contributed by atoms with Crippen molar-refractivity contribution in [1.82, 2.24) is 9.38 Å². The van der Waals surface area contributed by atoms with Crippen LogP contribution in [-0.4, -0.2) is 15.7 Å². The van der Waals surface area contributed by atoms with Crippen molar-refractivity contribution in [2.24, 2.45) is 0 Å². The monoisotopic (exact) mass is 188 g/mol. The van der Waals surface area contributed by atoms with Crippen LogP contribution in [0.1, 0.15) is 27.3 Å². The van der Waals surface area contributed by atoms with Gasteiger partial charge in [-0.25, -0.2) is 4.98 Å². The molecule has 3 heteroatoms. The van der Waals surface area contributed by atoms with Crippen LogP contribution in [0.2, 0.25) is 0 Å². The van der Waals surface area contributed by atoms with Crippen molar-refractivity contribution < 1.29 is 4.79 Å². The first kappa shape index (κ1) is 8.94. The second-order valence-electron chi connectivity index (χ2n) is 3.55. The van der Waals surface area contributed by atoms with Crippen molar-refractivity contribution in [3.63, 3.8) is 0 Å². The van der Waals surface area contributed by atoms with Gasteiger partial charge >= 0.3 is 0 Å². The van der Waals surface area contributed by atoms with Crippen LogP contribution in [0, 0.1) is 20.8 Å². The zero-order valence-corrected chi connectivity index (χ0v) is 8.53. The Morgan fingerprint density at radius 3 is 2.71 bits per heavy atom. The minimum atomic E-state index is 0.690. The van der Waals surface area contributed by atoms with E-state index in [0.717, 1.165) is 28.9 Å². The second kappa shape index (κ2) is 2.94. The molecular formula is C11H12N2O. The Bertz CT molecular complexity index is 511. The molecule has 3 nitrogen and oxygen atoms in total. The Morgan fingerprint density at radius 1 is 1.36 bits per heavy atom. The number of rotatable bonds is 1. The number of carbonyl (C=O) groups is 1. The molecule has 0 fully saturated rings. The highest BCUT2D eigenvalue weighted by atomic mass is 16.1. The first-order valence-corrected chi connectivity index (χ1v) is 4.54. The molecular weight excluding hydrogens is 176 g/mol. The summed E-state index contributed by atoms with van der Waals surface area (Å²) in [6.07, 6.45) is 2.69. The number of pyridine rings is 1. The number of fused-ring (bicyclic) bond motifs is 1. The molecule has 0 atom stereocenters. The summed E-state index contributed by atoms with van der Waals surface area (Å²) in [5.74, 6) is 0. The van der Waals surface area contributed by atoms with Gasteiger partial charge in [-0.3, -0.25) is 4.79 Å². The van der Waals surface area contributed by atoms with Gasteiger partial charge in [-0.15, -0.1) is 0 Å². The molecule has 0 unspecified atom stereocenters. The third-order valence-electron chi connectivity index (χ3n) is 2.54. The fourth-order valence-corrected chi connectivity index (χ4v) is 1.63. The Hall–Kier alpha value is -1.64. The fourth-order valence-electron chi connectivity index (χ4n) is 1.63. The Balaban J connectivity index is 2.90. The largest absolute Gasteiger partial charge is 0.303 e. The lowest BCUT2D eigenvalue weighted by Crippen LogP contribution is -1.93. The van der Waals surface area contributed by atoms with Crippen LogP contribution in [0.4, 0.5) is 0 Å². The summed E-state index contributed by atoms with van der Waals surface area (Å²) in [6.45, 7) is 5.94. The second-order valence-corrected chi connectivity index (χ2v) is 3.55. The number of aromatic nitrogens is 2. The molecule has 2 aromatic heterocycles. The predicted molar refractivity (Wildman–Crippen MR) is 54.8 cm³/mol. The van der Waals surface area contributed by atoms with Gasteiger partial charge < -0.3 is 4.40 Å². The van der Waals surface area contributed by atoms with Crippen molar-refractivity contribution in [1.29, 1.82) is 0 Å². The molecule has 0 aromatic carbocycles.